The summed E-state index contributed by atoms with van der Waals surface area (Å²) in [4.78, 5) is 6.62. The van der Waals surface area contributed by atoms with Crippen molar-refractivity contribution in [3.05, 3.63) is 65.5 Å². The quantitative estimate of drug-likeness (QED) is 0.885. The first kappa shape index (κ1) is 15.7. The molecule has 0 saturated carbocycles. The molecule has 3 heteroatoms. The average molecular weight is 283 g/mol. The summed E-state index contributed by atoms with van der Waals surface area (Å²) in [6.45, 7) is 5.14. The summed E-state index contributed by atoms with van der Waals surface area (Å²) >= 11 is 0. The molecule has 0 fully saturated rings. The molecule has 2 unspecified atom stereocenters. The zero-order valence-corrected chi connectivity index (χ0v) is 13.2. The van der Waals surface area contributed by atoms with Crippen LogP contribution in [0.15, 0.2) is 48.7 Å². The molecule has 0 aliphatic heterocycles. The second kappa shape index (κ2) is 7.34. The molecular weight excluding hydrogens is 258 g/mol. The number of likely N-dealkylation sites (N-methyl/N-ethyl adjacent to an activating group) is 1. The summed E-state index contributed by atoms with van der Waals surface area (Å²) in [6, 6.07) is 14.9. The molecule has 0 amide bonds. The van der Waals surface area contributed by atoms with E-state index >= 15 is 0 Å². The summed E-state index contributed by atoms with van der Waals surface area (Å²) in [6.07, 6.45) is 2.89. The Bertz CT molecular complexity index is 536. The molecule has 2 rings (SSSR count). The van der Waals surface area contributed by atoms with E-state index in [4.69, 9.17) is 5.73 Å². The Balaban J connectivity index is 2.01. The normalized spacial score (nSPS) is 14.1. The lowest BCUT2D eigenvalue weighted by Gasteiger charge is -2.29. The van der Waals surface area contributed by atoms with Crippen LogP contribution in [-0.4, -0.2) is 23.0 Å². The van der Waals surface area contributed by atoms with E-state index in [1.165, 1.54) is 11.1 Å². The van der Waals surface area contributed by atoms with Crippen molar-refractivity contribution in [2.75, 3.05) is 7.05 Å². The van der Waals surface area contributed by atoms with Gasteiger partial charge in [-0.25, -0.2) is 0 Å². The predicted molar refractivity (Wildman–Crippen MR) is 87.9 cm³/mol. The van der Waals surface area contributed by atoms with E-state index in [2.05, 4.69) is 55.0 Å². The molecule has 0 aliphatic carbocycles. The van der Waals surface area contributed by atoms with Gasteiger partial charge in [-0.05, 0) is 43.7 Å². The Hall–Kier alpha value is -1.71. The molecule has 1 heterocycles. The maximum atomic E-state index is 6.42. The second-order valence-electron chi connectivity index (χ2n) is 5.60. The molecule has 2 aromatic rings. The van der Waals surface area contributed by atoms with Crippen LogP contribution in [0.25, 0.3) is 0 Å². The standard InChI is InChI=1S/C18H25N3/c1-4-15-8-10-16(11-9-15)18(19)14(2)21(3)13-17-7-5-6-12-20-17/h5-12,14,18H,4,13,19H2,1-3H3. The Kier molecular flexibility index (Phi) is 5.48. The highest BCUT2D eigenvalue weighted by Crippen LogP contribution is 2.19. The molecule has 21 heavy (non-hydrogen) atoms. The van der Waals surface area contributed by atoms with E-state index in [-0.39, 0.29) is 12.1 Å². The number of pyridine rings is 1. The number of rotatable bonds is 6. The lowest BCUT2D eigenvalue weighted by Crippen LogP contribution is -2.38. The molecule has 0 aliphatic rings. The van der Waals surface area contributed by atoms with Gasteiger partial charge in [-0.2, -0.15) is 0 Å². The number of hydrogen-bond acceptors (Lipinski definition) is 3. The van der Waals surface area contributed by atoms with Gasteiger partial charge in [-0.1, -0.05) is 37.3 Å². The SMILES string of the molecule is CCc1ccc(C(N)C(C)N(C)Cc2ccccn2)cc1. The zero-order chi connectivity index (χ0) is 15.2. The fourth-order valence-corrected chi connectivity index (χ4v) is 2.42. The Morgan fingerprint density at radius 3 is 2.43 bits per heavy atom. The van der Waals surface area contributed by atoms with Gasteiger partial charge in [0.05, 0.1) is 5.69 Å². The fraction of sp³-hybridized carbons (Fsp3) is 0.389. The lowest BCUT2D eigenvalue weighted by molar-refractivity contribution is 0.217. The highest BCUT2D eigenvalue weighted by molar-refractivity contribution is 5.25. The lowest BCUT2D eigenvalue weighted by atomic mass is 9.98. The van der Waals surface area contributed by atoms with Crippen LogP contribution in [-0.2, 0) is 13.0 Å². The number of aromatic nitrogens is 1. The molecule has 0 radical (unpaired) electrons. The van der Waals surface area contributed by atoms with Crippen LogP contribution in [0.1, 0.15) is 36.7 Å². The highest BCUT2D eigenvalue weighted by Gasteiger charge is 2.19. The van der Waals surface area contributed by atoms with Gasteiger partial charge in [0.25, 0.3) is 0 Å². The minimum atomic E-state index is 0.00428. The fourth-order valence-electron chi connectivity index (χ4n) is 2.42. The summed E-state index contributed by atoms with van der Waals surface area (Å²) in [5, 5.41) is 0. The number of benzene rings is 1. The zero-order valence-electron chi connectivity index (χ0n) is 13.2. The van der Waals surface area contributed by atoms with Crippen molar-refractivity contribution < 1.29 is 0 Å². The van der Waals surface area contributed by atoms with Crippen molar-refractivity contribution in [3.8, 4) is 0 Å². The molecule has 0 bridgehead atoms. The first-order chi connectivity index (χ1) is 10.1. The van der Waals surface area contributed by atoms with Gasteiger partial charge < -0.3 is 5.73 Å². The van der Waals surface area contributed by atoms with E-state index in [1.54, 1.807) is 0 Å². The number of nitrogens with two attached hydrogens (primary N) is 1. The molecular formula is C18H25N3. The first-order valence-corrected chi connectivity index (χ1v) is 7.56. The van der Waals surface area contributed by atoms with Crippen molar-refractivity contribution in [3.63, 3.8) is 0 Å². The summed E-state index contributed by atoms with van der Waals surface area (Å²) in [5.41, 5.74) is 10.0. The third-order valence-electron chi connectivity index (χ3n) is 4.13. The summed E-state index contributed by atoms with van der Waals surface area (Å²) < 4.78 is 0. The van der Waals surface area contributed by atoms with Crippen LogP contribution in [0.3, 0.4) is 0 Å². The van der Waals surface area contributed by atoms with E-state index in [0.29, 0.717) is 0 Å². The Labute approximate surface area is 127 Å². The number of aryl methyl sites for hydroxylation is 1. The van der Waals surface area contributed by atoms with Crippen LogP contribution >= 0.6 is 0 Å². The molecule has 0 saturated heterocycles. The van der Waals surface area contributed by atoms with Gasteiger partial charge >= 0.3 is 0 Å². The molecule has 0 spiro atoms. The molecule has 2 atom stereocenters. The smallest absolute Gasteiger partial charge is 0.0543 e. The van der Waals surface area contributed by atoms with Crippen molar-refractivity contribution in [2.24, 2.45) is 5.73 Å². The second-order valence-corrected chi connectivity index (χ2v) is 5.60. The van der Waals surface area contributed by atoms with E-state index in [1.807, 2.05) is 24.4 Å². The van der Waals surface area contributed by atoms with Crippen molar-refractivity contribution in [1.29, 1.82) is 0 Å². The van der Waals surface area contributed by atoms with Gasteiger partial charge in [0.2, 0.25) is 0 Å². The maximum absolute atomic E-state index is 6.42. The third kappa shape index (κ3) is 4.13. The van der Waals surface area contributed by atoms with E-state index in [9.17, 15) is 0 Å². The molecule has 2 N–H and O–H groups in total. The van der Waals surface area contributed by atoms with Gasteiger partial charge in [-0.15, -0.1) is 0 Å². The van der Waals surface area contributed by atoms with Crippen molar-refractivity contribution >= 4 is 0 Å². The molecule has 1 aromatic carbocycles. The van der Waals surface area contributed by atoms with Crippen LogP contribution in [0.5, 0.6) is 0 Å². The molecule has 112 valence electrons. The summed E-state index contributed by atoms with van der Waals surface area (Å²) in [7, 11) is 2.10. The Morgan fingerprint density at radius 1 is 1.14 bits per heavy atom. The van der Waals surface area contributed by atoms with Crippen LogP contribution in [0.4, 0.5) is 0 Å². The monoisotopic (exact) mass is 283 g/mol. The van der Waals surface area contributed by atoms with Gasteiger partial charge in [-0.3, -0.25) is 9.88 Å². The first-order valence-electron chi connectivity index (χ1n) is 7.56. The highest BCUT2D eigenvalue weighted by atomic mass is 15.1. The topological polar surface area (TPSA) is 42.1 Å². The maximum Gasteiger partial charge on any atom is 0.0543 e. The summed E-state index contributed by atoms with van der Waals surface area (Å²) in [5.74, 6) is 0. The minimum absolute atomic E-state index is 0.00428. The molecule has 3 nitrogen and oxygen atoms in total. The minimum Gasteiger partial charge on any atom is -0.323 e. The van der Waals surface area contributed by atoms with E-state index in [0.717, 1.165) is 18.7 Å². The predicted octanol–water partition coefficient (Wildman–Crippen LogP) is 3.16. The van der Waals surface area contributed by atoms with Crippen molar-refractivity contribution in [2.45, 2.75) is 38.9 Å². The largest absolute Gasteiger partial charge is 0.323 e. The van der Waals surface area contributed by atoms with E-state index < -0.39 is 0 Å². The van der Waals surface area contributed by atoms with Crippen LogP contribution in [0, 0.1) is 0 Å². The number of hydrogen-bond donors (Lipinski definition) is 1. The van der Waals surface area contributed by atoms with Gasteiger partial charge in [0, 0.05) is 24.8 Å². The van der Waals surface area contributed by atoms with Crippen LogP contribution in [0.2, 0.25) is 0 Å². The average Bonchev–Trinajstić information content (AvgIpc) is 2.54. The van der Waals surface area contributed by atoms with Gasteiger partial charge in [0.1, 0.15) is 0 Å². The Morgan fingerprint density at radius 2 is 1.86 bits per heavy atom. The van der Waals surface area contributed by atoms with Crippen molar-refractivity contribution in [1.82, 2.24) is 9.88 Å². The van der Waals surface area contributed by atoms with Gasteiger partial charge in [0.15, 0.2) is 0 Å². The number of nitrogens with zero attached hydrogens (tertiary/aromatic N) is 2. The third-order valence-corrected chi connectivity index (χ3v) is 4.13. The molecule has 1 aromatic heterocycles. The van der Waals surface area contributed by atoms with Crippen LogP contribution < -0.4 is 5.73 Å².